The molecular formula is C14H14O3. The van der Waals surface area contributed by atoms with Gasteiger partial charge in [0, 0.05) is 17.2 Å². The minimum atomic E-state index is 0.181. The Hall–Kier alpha value is -2.16. The van der Waals surface area contributed by atoms with Crippen molar-refractivity contribution in [2.75, 3.05) is 14.2 Å². The molecule has 0 spiro atoms. The summed E-state index contributed by atoms with van der Waals surface area (Å²) in [5.74, 6) is 1.58. The molecule has 2 aromatic carbocycles. The van der Waals surface area contributed by atoms with Crippen molar-refractivity contribution in [2.24, 2.45) is 0 Å². The van der Waals surface area contributed by atoms with E-state index in [0.29, 0.717) is 5.75 Å². The number of benzene rings is 2. The van der Waals surface area contributed by atoms with Crippen LogP contribution in [0.4, 0.5) is 0 Å². The van der Waals surface area contributed by atoms with Crippen LogP contribution < -0.4 is 9.47 Å². The molecule has 0 aliphatic carbocycles. The van der Waals surface area contributed by atoms with Gasteiger partial charge in [0.2, 0.25) is 0 Å². The van der Waals surface area contributed by atoms with E-state index in [4.69, 9.17) is 9.47 Å². The molecule has 0 saturated heterocycles. The highest BCUT2D eigenvalue weighted by atomic mass is 16.5. The van der Waals surface area contributed by atoms with E-state index >= 15 is 0 Å². The van der Waals surface area contributed by atoms with Crippen molar-refractivity contribution < 1.29 is 14.6 Å². The van der Waals surface area contributed by atoms with Crippen LogP contribution in [0.5, 0.6) is 17.2 Å². The summed E-state index contributed by atoms with van der Waals surface area (Å²) in [5.41, 5.74) is 1.83. The van der Waals surface area contributed by atoms with Crippen LogP contribution in [0.1, 0.15) is 0 Å². The lowest BCUT2D eigenvalue weighted by Gasteiger charge is -2.12. The summed E-state index contributed by atoms with van der Waals surface area (Å²) in [6, 6.07) is 12.7. The first-order valence-electron chi connectivity index (χ1n) is 5.26. The molecule has 1 N–H and O–H groups in total. The first-order valence-corrected chi connectivity index (χ1v) is 5.26. The number of phenols is 1. The van der Waals surface area contributed by atoms with Crippen molar-refractivity contribution in [2.45, 2.75) is 0 Å². The molecule has 0 heterocycles. The van der Waals surface area contributed by atoms with Crippen molar-refractivity contribution in [1.29, 1.82) is 0 Å². The SMILES string of the molecule is COc1ccccc1-c1ccc(O)cc1OC. The molecule has 0 saturated carbocycles. The second-order valence-electron chi connectivity index (χ2n) is 3.58. The number of methoxy groups -OCH3 is 2. The first kappa shape index (κ1) is 11.3. The molecule has 0 aliphatic heterocycles. The Morgan fingerprint density at radius 1 is 0.824 bits per heavy atom. The van der Waals surface area contributed by atoms with E-state index in [-0.39, 0.29) is 5.75 Å². The zero-order valence-corrected chi connectivity index (χ0v) is 9.81. The average Bonchev–Trinajstić information content (AvgIpc) is 2.38. The molecule has 3 nitrogen and oxygen atoms in total. The summed E-state index contributed by atoms with van der Waals surface area (Å²) in [4.78, 5) is 0. The van der Waals surface area contributed by atoms with Crippen molar-refractivity contribution >= 4 is 0 Å². The molecular weight excluding hydrogens is 216 g/mol. The number of hydrogen-bond donors (Lipinski definition) is 1. The van der Waals surface area contributed by atoms with Gasteiger partial charge in [0.15, 0.2) is 0 Å². The second-order valence-corrected chi connectivity index (χ2v) is 3.58. The lowest BCUT2D eigenvalue weighted by atomic mass is 10.0. The van der Waals surface area contributed by atoms with E-state index in [1.54, 1.807) is 26.4 Å². The maximum Gasteiger partial charge on any atom is 0.130 e. The Bertz CT molecular complexity index is 521. The van der Waals surface area contributed by atoms with Crippen LogP contribution in [0.25, 0.3) is 11.1 Å². The van der Waals surface area contributed by atoms with E-state index in [9.17, 15) is 5.11 Å². The van der Waals surface area contributed by atoms with Crippen LogP contribution in [0.15, 0.2) is 42.5 Å². The summed E-state index contributed by atoms with van der Waals surface area (Å²) < 4.78 is 10.6. The molecule has 88 valence electrons. The third-order valence-corrected chi connectivity index (χ3v) is 2.58. The van der Waals surface area contributed by atoms with Gasteiger partial charge in [-0.3, -0.25) is 0 Å². The van der Waals surface area contributed by atoms with E-state index in [0.717, 1.165) is 16.9 Å². The van der Waals surface area contributed by atoms with Gasteiger partial charge >= 0.3 is 0 Å². The predicted octanol–water partition coefficient (Wildman–Crippen LogP) is 3.08. The molecule has 0 aliphatic rings. The monoisotopic (exact) mass is 230 g/mol. The Labute approximate surface area is 100 Å². The molecule has 0 fully saturated rings. The highest BCUT2D eigenvalue weighted by Gasteiger charge is 2.10. The number of rotatable bonds is 3. The zero-order valence-electron chi connectivity index (χ0n) is 9.81. The maximum absolute atomic E-state index is 9.43. The fourth-order valence-electron chi connectivity index (χ4n) is 1.77. The molecule has 0 amide bonds. The molecule has 2 rings (SSSR count). The minimum Gasteiger partial charge on any atom is -0.508 e. The third kappa shape index (κ3) is 2.18. The fourth-order valence-corrected chi connectivity index (χ4v) is 1.77. The smallest absolute Gasteiger partial charge is 0.130 e. The van der Waals surface area contributed by atoms with Gasteiger partial charge in [0.1, 0.15) is 17.2 Å². The summed E-state index contributed by atoms with van der Waals surface area (Å²) in [6.07, 6.45) is 0. The van der Waals surface area contributed by atoms with Crippen molar-refractivity contribution in [3.05, 3.63) is 42.5 Å². The fraction of sp³-hybridized carbons (Fsp3) is 0.143. The minimum absolute atomic E-state index is 0.181. The van der Waals surface area contributed by atoms with Gasteiger partial charge in [0.25, 0.3) is 0 Å². The van der Waals surface area contributed by atoms with E-state index in [2.05, 4.69) is 0 Å². The average molecular weight is 230 g/mol. The Morgan fingerprint density at radius 3 is 2.18 bits per heavy atom. The normalized spacial score (nSPS) is 10.0. The topological polar surface area (TPSA) is 38.7 Å². The number of ether oxygens (including phenoxy) is 2. The summed E-state index contributed by atoms with van der Waals surface area (Å²) >= 11 is 0. The molecule has 0 radical (unpaired) electrons. The van der Waals surface area contributed by atoms with Gasteiger partial charge in [-0.25, -0.2) is 0 Å². The standard InChI is InChI=1S/C14H14O3/c1-16-13-6-4-3-5-11(13)12-8-7-10(15)9-14(12)17-2/h3-9,15H,1-2H3. The van der Waals surface area contributed by atoms with Crippen LogP contribution >= 0.6 is 0 Å². The highest BCUT2D eigenvalue weighted by molar-refractivity contribution is 5.76. The number of para-hydroxylation sites is 1. The van der Waals surface area contributed by atoms with Crippen LogP contribution in [-0.4, -0.2) is 19.3 Å². The maximum atomic E-state index is 9.43. The van der Waals surface area contributed by atoms with Gasteiger partial charge in [-0.2, -0.15) is 0 Å². The number of phenolic OH excluding ortho intramolecular Hbond substituents is 1. The predicted molar refractivity (Wildman–Crippen MR) is 66.6 cm³/mol. The quantitative estimate of drug-likeness (QED) is 0.880. The Balaban J connectivity index is 2.59. The number of aromatic hydroxyl groups is 1. The molecule has 0 aromatic heterocycles. The van der Waals surface area contributed by atoms with Crippen LogP contribution in [0.2, 0.25) is 0 Å². The van der Waals surface area contributed by atoms with E-state index in [1.807, 2.05) is 30.3 Å². The van der Waals surface area contributed by atoms with Gasteiger partial charge in [0.05, 0.1) is 14.2 Å². The first-order chi connectivity index (χ1) is 8.26. The highest BCUT2D eigenvalue weighted by Crippen LogP contribution is 2.37. The summed E-state index contributed by atoms with van der Waals surface area (Å²) in [6.45, 7) is 0. The van der Waals surface area contributed by atoms with Gasteiger partial charge in [-0.15, -0.1) is 0 Å². The third-order valence-electron chi connectivity index (χ3n) is 2.58. The molecule has 3 heteroatoms. The van der Waals surface area contributed by atoms with Crippen LogP contribution in [0, 0.1) is 0 Å². The molecule has 17 heavy (non-hydrogen) atoms. The molecule has 0 atom stereocenters. The Kier molecular flexibility index (Phi) is 3.19. The molecule has 0 bridgehead atoms. The lowest BCUT2D eigenvalue weighted by Crippen LogP contribution is -1.91. The van der Waals surface area contributed by atoms with Crippen molar-refractivity contribution in [3.8, 4) is 28.4 Å². The van der Waals surface area contributed by atoms with E-state index < -0.39 is 0 Å². The molecule has 2 aromatic rings. The Morgan fingerprint density at radius 2 is 1.47 bits per heavy atom. The van der Waals surface area contributed by atoms with Crippen molar-refractivity contribution in [3.63, 3.8) is 0 Å². The lowest BCUT2D eigenvalue weighted by molar-refractivity contribution is 0.406. The van der Waals surface area contributed by atoms with Crippen molar-refractivity contribution in [1.82, 2.24) is 0 Å². The zero-order chi connectivity index (χ0) is 12.3. The summed E-state index contributed by atoms with van der Waals surface area (Å²) in [7, 11) is 3.21. The van der Waals surface area contributed by atoms with Gasteiger partial charge in [-0.1, -0.05) is 18.2 Å². The summed E-state index contributed by atoms with van der Waals surface area (Å²) in [5, 5.41) is 9.43. The number of hydrogen-bond acceptors (Lipinski definition) is 3. The van der Waals surface area contributed by atoms with Gasteiger partial charge < -0.3 is 14.6 Å². The van der Waals surface area contributed by atoms with Crippen LogP contribution in [0.3, 0.4) is 0 Å². The van der Waals surface area contributed by atoms with E-state index in [1.165, 1.54) is 0 Å². The van der Waals surface area contributed by atoms with Gasteiger partial charge in [-0.05, 0) is 18.2 Å². The second kappa shape index (κ2) is 4.78. The molecule has 0 unspecified atom stereocenters. The van der Waals surface area contributed by atoms with Crippen LogP contribution in [-0.2, 0) is 0 Å². The largest absolute Gasteiger partial charge is 0.508 e.